The van der Waals surface area contributed by atoms with Crippen LogP contribution in [0.4, 0.5) is 0 Å². The van der Waals surface area contributed by atoms with E-state index < -0.39 is 16.4 Å². The van der Waals surface area contributed by atoms with Crippen molar-refractivity contribution in [3.05, 3.63) is 0 Å². The van der Waals surface area contributed by atoms with E-state index in [0.717, 1.165) is 32.4 Å². The van der Waals surface area contributed by atoms with Crippen molar-refractivity contribution in [1.82, 2.24) is 4.90 Å². The van der Waals surface area contributed by atoms with E-state index in [1.165, 1.54) is 12.8 Å². The van der Waals surface area contributed by atoms with Crippen LogP contribution >= 0.6 is 0 Å². The molecule has 2 heterocycles. The monoisotopic (exact) mass is 279 g/mol. The lowest BCUT2D eigenvalue weighted by atomic mass is 9.66. The summed E-state index contributed by atoms with van der Waals surface area (Å²) in [6.07, 6.45) is 5.95. The van der Waals surface area contributed by atoms with Crippen molar-refractivity contribution in [3.63, 3.8) is 0 Å². The number of esters is 1. The Hall–Kier alpha value is -1.06. The van der Waals surface area contributed by atoms with Crippen LogP contribution in [0.3, 0.4) is 0 Å². The highest BCUT2D eigenvalue weighted by Gasteiger charge is 2.76. The number of hydrogen-bond donors (Lipinski definition) is 0. The summed E-state index contributed by atoms with van der Waals surface area (Å²) in [7, 11) is 0. The third-order valence-corrected chi connectivity index (χ3v) is 6.32. The summed E-state index contributed by atoms with van der Waals surface area (Å²) in [6, 6.07) is 0. The van der Waals surface area contributed by atoms with Crippen LogP contribution in [-0.2, 0) is 14.3 Å². The van der Waals surface area contributed by atoms with Crippen molar-refractivity contribution in [3.8, 4) is 0 Å². The molecule has 0 aromatic rings. The summed E-state index contributed by atoms with van der Waals surface area (Å²) in [6.45, 7) is 7.64. The molecule has 3 aliphatic rings. The highest BCUT2D eigenvalue weighted by Crippen LogP contribution is 2.65. The van der Waals surface area contributed by atoms with Gasteiger partial charge in [0, 0.05) is 18.5 Å². The Bertz CT molecular complexity index is 451. The maximum absolute atomic E-state index is 13.1. The highest BCUT2D eigenvalue weighted by molar-refractivity contribution is 5.96. The first-order valence-corrected chi connectivity index (χ1v) is 7.88. The number of amides is 1. The molecule has 4 heteroatoms. The first kappa shape index (κ1) is 13.9. The third-order valence-electron chi connectivity index (χ3n) is 6.32. The van der Waals surface area contributed by atoms with Crippen LogP contribution in [0.15, 0.2) is 0 Å². The van der Waals surface area contributed by atoms with E-state index in [1.54, 1.807) is 0 Å². The second-order valence-electron chi connectivity index (χ2n) is 7.38. The van der Waals surface area contributed by atoms with Gasteiger partial charge in [0.1, 0.15) is 0 Å². The van der Waals surface area contributed by atoms with Crippen LogP contribution in [-0.4, -0.2) is 35.5 Å². The molecule has 0 aromatic heterocycles. The summed E-state index contributed by atoms with van der Waals surface area (Å²) in [5, 5.41) is 0. The number of ether oxygens (including phenoxy) is 1. The maximum atomic E-state index is 13.1. The summed E-state index contributed by atoms with van der Waals surface area (Å²) >= 11 is 0. The smallest absolute Gasteiger partial charge is 0.313 e. The van der Waals surface area contributed by atoms with Gasteiger partial charge in [-0.1, -0.05) is 26.7 Å². The van der Waals surface area contributed by atoms with Gasteiger partial charge < -0.3 is 9.64 Å². The fourth-order valence-electron chi connectivity index (χ4n) is 4.25. The molecule has 1 amide bonds. The van der Waals surface area contributed by atoms with E-state index in [0.29, 0.717) is 6.42 Å². The molecule has 1 saturated carbocycles. The molecule has 0 spiro atoms. The van der Waals surface area contributed by atoms with Gasteiger partial charge in [0.2, 0.25) is 0 Å². The zero-order valence-corrected chi connectivity index (χ0v) is 12.8. The molecule has 3 fully saturated rings. The van der Waals surface area contributed by atoms with Crippen molar-refractivity contribution in [2.45, 2.75) is 64.9 Å². The van der Waals surface area contributed by atoms with Gasteiger partial charge in [-0.25, -0.2) is 0 Å². The second-order valence-corrected chi connectivity index (χ2v) is 7.38. The predicted octanol–water partition coefficient (Wildman–Crippen LogP) is 2.51. The molecule has 2 aliphatic heterocycles. The first-order chi connectivity index (χ1) is 9.35. The van der Waals surface area contributed by atoms with Crippen molar-refractivity contribution in [2.24, 2.45) is 10.8 Å². The normalized spacial score (nSPS) is 39.5. The molecule has 20 heavy (non-hydrogen) atoms. The van der Waals surface area contributed by atoms with Gasteiger partial charge in [0.25, 0.3) is 5.91 Å². The molecular formula is C16H25NO3. The summed E-state index contributed by atoms with van der Waals surface area (Å²) in [4.78, 5) is 27.3. The van der Waals surface area contributed by atoms with Gasteiger partial charge in [-0.15, -0.1) is 0 Å². The minimum atomic E-state index is -0.914. The molecule has 1 aliphatic carbocycles. The number of carbonyl (C=O) groups excluding carboxylic acids is 2. The highest BCUT2D eigenvalue weighted by atomic mass is 16.6. The van der Waals surface area contributed by atoms with Crippen LogP contribution in [0.1, 0.15) is 59.3 Å². The summed E-state index contributed by atoms with van der Waals surface area (Å²) in [5.74, 6) is -0.129. The molecule has 0 unspecified atom stereocenters. The number of rotatable bonds is 1. The van der Waals surface area contributed by atoms with Crippen molar-refractivity contribution >= 4 is 11.9 Å². The van der Waals surface area contributed by atoms with Crippen LogP contribution in [0, 0.1) is 10.8 Å². The average molecular weight is 279 g/mol. The van der Waals surface area contributed by atoms with Gasteiger partial charge in [0.15, 0.2) is 5.60 Å². The van der Waals surface area contributed by atoms with Crippen LogP contribution in [0.25, 0.3) is 0 Å². The Kier molecular flexibility index (Phi) is 2.93. The summed E-state index contributed by atoms with van der Waals surface area (Å²) in [5.41, 5.74) is -1.84. The molecule has 2 atom stereocenters. The molecule has 3 rings (SSSR count). The molecule has 0 N–H and O–H groups in total. The van der Waals surface area contributed by atoms with Gasteiger partial charge in [-0.2, -0.15) is 0 Å². The Labute approximate surface area is 120 Å². The van der Waals surface area contributed by atoms with E-state index in [-0.39, 0.29) is 11.9 Å². The summed E-state index contributed by atoms with van der Waals surface area (Å²) < 4.78 is 5.69. The lowest BCUT2D eigenvalue weighted by Gasteiger charge is -2.38. The maximum Gasteiger partial charge on any atom is 0.313 e. The Morgan fingerprint density at radius 2 is 1.65 bits per heavy atom. The molecular weight excluding hydrogens is 254 g/mol. The minimum absolute atomic E-state index is 0.0546. The van der Waals surface area contributed by atoms with E-state index in [1.807, 2.05) is 25.7 Å². The van der Waals surface area contributed by atoms with E-state index in [4.69, 9.17) is 4.74 Å². The molecule has 0 radical (unpaired) electrons. The predicted molar refractivity (Wildman–Crippen MR) is 75.0 cm³/mol. The number of carbonyl (C=O) groups is 2. The van der Waals surface area contributed by atoms with E-state index in [2.05, 4.69) is 0 Å². The van der Waals surface area contributed by atoms with Crippen LogP contribution in [0.2, 0.25) is 0 Å². The van der Waals surface area contributed by atoms with Crippen molar-refractivity contribution < 1.29 is 14.3 Å². The molecule has 2 saturated heterocycles. The molecule has 0 aromatic carbocycles. The second kappa shape index (κ2) is 4.22. The molecule has 2 bridgehead atoms. The number of hydrogen-bond acceptors (Lipinski definition) is 3. The Morgan fingerprint density at radius 1 is 1.05 bits per heavy atom. The van der Waals surface area contributed by atoms with Gasteiger partial charge in [-0.05, 0) is 32.6 Å². The van der Waals surface area contributed by atoms with Gasteiger partial charge in [0.05, 0.1) is 5.41 Å². The van der Waals surface area contributed by atoms with Crippen LogP contribution < -0.4 is 0 Å². The number of nitrogens with zero attached hydrogens (tertiary/aromatic N) is 1. The fourth-order valence-corrected chi connectivity index (χ4v) is 4.25. The Balaban J connectivity index is 1.92. The zero-order chi connectivity index (χ0) is 14.6. The largest absolute Gasteiger partial charge is 0.448 e. The molecule has 112 valence electrons. The van der Waals surface area contributed by atoms with Gasteiger partial charge in [-0.3, -0.25) is 9.59 Å². The number of fused-ring (bicyclic) bond motifs is 2. The topological polar surface area (TPSA) is 46.6 Å². The fraction of sp³-hybridized carbons (Fsp3) is 0.875. The van der Waals surface area contributed by atoms with E-state index in [9.17, 15) is 9.59 Å². The Morgan fingerprint density at radius 3 is 2.10 bits per heavy atom. The standard InChI is InChI=1S/C16H25NO3/c1-14(2)15(3)8-9-16(14,20-13(15)19)12(18)17-10-6-4-5-7-11-17/h4-11H2,1-3H3/t15-,16+/m0/s1. The minimum Gasteiger partial charge on any atom is -0.448 e. The van der Waals surface area contributed by atoms with Gasteiger partial charge >= 0.3 is 5.97 Å². The first-order valence-electron chi connectivity index (χ1n) is 7.88. The quantitative estimate of drug-likeness (QED) is 0.693. The lowest BCUT2D eigenvalue weighted by Crippen LogP contribution is -2.55. The zero-order valence-electron chi connectivity index (χ0n) is 12.8. The SMILES string of the molecule is CC1(C)[C@@]2(C)CC[C@]1(C(=O)N1CCCCCC1)OC2=O. The number of likely N-dealkylation sites (tertiary alicyclic amines) is 1. The lowest BCUT2D eigenvalue weighted by molar-refractivity contribution is -0.174. The third kappa shape index (κ3) is 1.48. The van der Waals surface area contributed by atoms with E-state index >= 15 is 0 Å². The van der Waals surface area contributed by atoms with Crippen molar-refractivity contribution in [1.29, 1.82) is 0 Å². The molecule has 4 nitrogen and oxygen atoms in total. The average Bonchev–Trinajstić information content (AvgIpc) is 2.68. The van der Waals surface area contributed by atoms with Crippen molar-refractivity contribution in [2.75, 3.05) is 13.1 Å². The van der Waals surface area contributed by atoms with Crippen LogP contribution in [0.5, 0.6) is 0 Å².